The fraction of sp³-hybridized carbons (Fsp3) is 0.500. The lowest BCUT2D eigenvalue weighted by Gasteiger charge is -2.12. The molecule has 0 aromatic carbocycles. The van der Waals surface area contributed by atoms with Gasteiger partial charge in [-0.25, -0.2) is 0 Å². The molecule has 0 bridgehead atoms. The summed E-state index contributed by atoms with van der Waals surface area (Å²) < 4.78 is 0. The minimum Gasteiger partial charge on any atom is -0.397 e. The summed E-state index contributed by atoms with van der Waals surface area (Å²) in [6.45, 7) is 0.556. The summed E-state index contributed by atoms with van der Waals surface area (Å²) >= 11 is 0. The van der Waals surface area contributed by atoms with Crippen molar-refractivity contribution >= 4 is 11.4 Å². The molecule has 4 nitrogen and oxygen atoms in total. The Morgan fingerprint density at radius 3 is 3.07 bits per heavy atom. The van der Waals surface area contributed by atoms with Crippen LogP contribution in [-0.4, -0.2) is 22.7 Å². The Bertz CT molecular complexity index is 312. The van der Waals surface area contributed by atoms with Crippen LogP contribution in [0, 0.1) is 5.92 Å². The number of nitrogen functional groups attached to an aromatic ring is 1. The summed E-state index contributed by atoms with van der Waals surface area (Å²) in [5, 5.41) is 12.7. The molecular weight excluding hydrogens is 178 g/mol. The van der Waals surface area contributed by atoms with Crippen LogP contribution in [0.3, 0.4) is 0 Å². The molecule has 0 saturated heterocycles. The number of nitrogens with two attached hydrogens (primary N) is 1. The molecule has 1 heterocycles. The maximum Gasteiger partial charge on any atom is 0.0761 e. The van der Waals surface area contributed by atoms with Gasteiger partial charge in [0, 0.05) is 12.7 Å². The van der Waals surface area contributed by atoms with Crippen molar-refractivity contribution in [3.8, 4) is 0 Å². The maximum absolute atomic E-state index is 9.62. The summed E-state index contributed by atoms with van der Waals surface area (Å²) in [6.07, 6.45) is 5.36. The van der Waals surface area contributed by atoms with E-state index in [0.717, 1.165) is 18.5 Å². The molecule has 1 atom stereocenters. The molecule has 1 fully saturated rings. The van der Waals surface area contributed by atoms with Crippen molar-refractivity contribution in [1.29, 1.82) is 0 Å². The zero-order valence-electron chi connectivity index (χ0n) is 7.98. The molecule has 0 aliphatic heterocycles. The van der Waals surface area contributed by atoms with E-state index in [2.05, 4.69) is 10.3 Å². The Labute approximate surface area is 83.2 Å². The third kappa shape index (κ3) is 2.14. The molecule has 0 spiro atoms. The van der Waals surface area contributed by atoms with Crippen LogP contribution in [0.25, 0.3) is 0 Å². The fourth-order valence-electron chi connectivity index (χ4n) is 1.42. The number of anilines is 2. The van der Waals surface area contributed by atoms with Crippen molar-refractivity contribution in [3.05, 3.63) is 18.5 Å². The van der Waals surface area contributed by atoms with E-state index in [9.17, 15) is 5.11 Å². The molecule has 1 unspecified atom stereocenters. The second kappa shape index (κ2) is 3.84. The number of hydrogen-bond acceptors (Lipinski definition) is 4. The van der Waals surface area contributed by atoms with Crippen molar-refractivity contribution in [2.24, 2.45) is 5.92 Å². The zero-order valence-corrected chi connectivity index (χ0v) is 7.98. The number of pyridine rings is 1. The molecule has 1 aromatic heterocycles. The Hall–Kier alpha value is -1.29. The number of aromatic nitrogens is 1. The van der Waals surface area contributed by atoms with E-state index >= 15 is 0 Å². The molecule has 1 aliphatic carbocycles. The number of nitrogens with zero attached hydrogens (tertiary/aromatic N) is 1. The molecule has 1 aromatic rings. The van der Waals surface area contributed by atoms with Gasteiger partial charge in [0.25, 0.3) is 0 Å². The lowest BCUT2D eigenvalue weighted by atomic mass is 10.2. The van der Waals surface area contributed by atoms with Gasteiger partial charge < -0.3 is 16.2 Å². The van der Waals surface area contributed by atoms with Crippen molar-refractivity contribution in [1.82, 2.24) is 4.98 Å². The van der Waals surface area contributed by atoms with Crippen molar-refractivity contribution in [3.63, 3.8) is 0 Å². The Morgan fingerprint density at radius 2 is 2.43 bits per heavy atom. The van der Waals surface area contributed by atoms with Gasteiger partial charge in [-0.2, -0.15) is 0 Å². The lowest BCUT2D eigenvalue weighted by Crippen LogP contribution is -2.21. The zero-order chi connectivity index (χ0) is 9.97. The third-order valence-electron chi connectivity index (χ3n) is 2.52. The predicted octanol–water partition coefficient (Wildman–Crippen LogP) is 0.847. The topological polar surface area (TPSA) is 71.2 Å². The highest BCUT2D eigenvalue weighted by Crippen LogP contribution is 2.32. The molecule has 1 saturated carbocycles. The molecule has 1 aliphatic rings. The summed E-state index contributed by atoms with van der Waals surface area (Å²) in [5.74, 6) is 0.486. The van der Waals surface area contributed by atoms with Gasteiger partial charge in [-0.3, -0.25) is 4.98 Å². The average Bonchev–Trinajstić information content (AvgIpc) is 2.99. The van der Waals surface area contributed by atoms with Gasteiger partial charge in [0.1, 0.15) is 0 Å². The van der Waals surface area contributed by atoms with Crippen molar-refractivity contribution in [2.45, 2.75) is 18.9 Å². The first kappa shape index (κ1) is 9.27. The second-order valence-electron chi connectivity index (χ2n) is 3.75. The molecule has 4 heteroatoms. The Kier molecular flexibility index (Phi) is 2.54. The minimum atomic E-state index is -0.255. The SMILES string of the molecule is Nc1ccncc1NCC(O)C1CC1. The van der Waals surface area contributed by atoms with Gasteiger partial charge in [0.15, 0.2) is 0 Å². The fourth-order valence-corrected chi connectivity index (χ4v) is 1.42. The predicted molar refractivity (Wildman–Crippen MR) is 55.9 cm³/mol. The van der Waals surface area contributed by atoms with Crippen LogP contribution in [0.2, 0.25) is 0 Å². The highest BCUT2D eigenvalue weighted by atomic mass is 16.3. The smallest absolute Gasteiger partial charge is 0.0761 e. The van der Waals surface area contributed by atoms with Crippen LogP contribution in [0.5, 0.6) is 0 Å². The van der Waals surface area contributed by atoms with E-state index in [0.29, 0.717) is 18.2 Å². The van der Waals surface area contributed by atoms with Crippen LogP contribution < -0.4 is 11.1 Å². The van der Waals surface area contributed by atoms with E-state index in [1.54, 1.807) is 18.5 Å². The number of hydrogen-bond donors (Lipinski definition) is 3. The van der Waals surface area contributed by atoms with E-state index in [1.807, 2.05) is 0 Å². The number of rotatable bonds is 4. The second-order valence-corrected chi connectivity index (χ2v) is 3.75. The number of aliphatic hydroxyl groups excluding tert-OH is 1. The molecule has 76 valence electrons. The highest BCUT2D eigenvalue weighted by Gasteiger charge is 2.29. The van der Waals surface area contributed by atoms with E-state index in [4.69, 9.17) is 5.73 Å². The molecular formula is C10H15N3O. The number of nitrogens with one attached hydrogen (secondary N) is 1. The standard InChI is InChI=1S/C10H15N3O/c11-8-3-4-12-5-9(8)13-6-10(14)7-1-2-7/h3-5,7,10,13-14H,1-2,6H2,(H2,11,12). The van der Waals surface area contributed by atoms with Gasteiger partial charge in [0.05, 0.1) is 23.7 Å². The summed E-state index contributed by atoms with van der Waals surface area (Å²) in [5.41, 5.74) is 7.18. The maximum atomic E-state index is 9.62. The molecule has 2 rings (SSSR count). The normalized spacial score (nSPS) is 17.8. The van der Waals surface area contributed by atoms with Gasteiger partial charge in [0.2, 0.25) is 0 Å². The monoisotopic (exact) mass is 193 g/mol. The molecule has 0 amide bonds. The third-order valence-corrected chi connectivity index (χ3v) is 2.52. The first-order valence-corrected chi connectivity index (χ1v) is 4.89. The Balaban J connectivity index is 1.87. The van der Waals surface area contributed by atoms with Crippen LogP contribution in [0.1, 0.15) is 12.8 Å². The largest absolute Gasteiger partial charge is 0.397 e. The number of aliphatic hydroxyl groups is 1. The summed E-state index contributed by atoms with van der Waals surface area (Å²) in [6, 6.07) is 1.74. The molecule has 4 N–H and O–H groups in total. The highest BCUT2D eigenvalue weighted by molar-refractivity contribution is 5.64. The van der Waals surface area contributed by atoms with Crippen LogP contribution in [0.4, 0.5) is 11.4 Å². The van der Waals surface area contributed by atoms with Crippen molar-refractivity contribution in [2.75, 3.05) is 17.6 Å². The van der Waals surface area contributed by atoms with Gasteiger partial charge in [-0.1, -0.05) is 0 Å². The van der Waals surface area contributed by atoms with E-state index in [-0.39, 0.29) is 6.10 Å². The van der Waals surface area contributed by atoms with E-state index < -0.39 is 0 Å². The lowest BCUT2D eigenvalue weighted by molar-refractivity contribution is 0.164. The molecule has 14 heavy (non-hydrogen) atoms. The molecule has 0 radical (unpaired) electrons. The van der Waals surface area contributed by atoms with Crippen molar-refractivity contribution < 1.29 is 5.11 Å². The first-order valence-electron chi connectivity index (χ1n) is 4.89. The van der Waals surface area contributed by atoms with Gasteiger partial charge in [-0.15, -0.1) is 0 Å². The van der Waals surface area contributed by atoms with Gasteiger partial charge in [-0.05, 0) is 24.8 Å². The van der Waals surface area contributed by atoms with Crippen LogP contribution >= 0.6 is 0 Å². The van der Waals surface area contributed by atoms with Crippen LogP contribution in [-0.2, 0) is 0 Å². The minimum absolute atomic E-state index is 0.255. The first-order chi connectivity index (χ1) is 6.77. The quantitative estimate of drug-likeness (QED) is 0.663. The van der Waals surface area contributed by atoms with Gasteiger partial charge >= 0.3 is 0 Å². The van der Waals surface area contributed by atoms with Crippen LogP contribution in [0.15, 0.2) is 18.5 Å². The summed E-state index contributed by atoms with van der Waals surface area (Å²) in [7, 11) is 0. The average molecular weight is 193 g/mol. The van der Waals surface area contributed by atoms with E-state index in [1.165, 1.54) is 0 Å². The Morgan fingerprint density at radius 1 is 1.64 bits per heavy atom. The summed E-state index contributed by atoms with van der Waals surface area (Å²) in [4.78, 5) is 3.96.